The number of alkyl halides is 4. The van der Waals surface area contributed by atoms with E-state index in [1.165, 1.54) is 12.1 Å². The highest BCUT2D eigenvalue weighted by Gasteiger charge is 2.58. The molecule has 0 spiro atoms. The van der Waals surface area contributed by atoms with E-state index < -0.39 is 31.0 Å². The van der Waals surface area contributed by atoms with E-state index in [9.17, 15) is 27.2 Å². The Morgan fingerprint density at radius 1 is 1.04 bits per heavy atom. The Balaban J connectivity index is 2.69. The first-order valence-corrected chi connectivity index (χ1v) is 8.85. The van der Waals surface area contributed by atoms with Gasteiger partial charge < -0.3 is 14.2 Å². The van der Waals surface area contributed by atoms with Crippen molar-refractivity contribution in [3.63, 3.8) is 0 Å². The van der Waals surface area contributed by atoms with Crippen LogP contribution in [0.1, 0.15) is 48.5 Å². The number of carbonyl (C=O) groups is 2. The van der Waals surface area contributed by atoms with Crippen molar-refractivity contribution in [2.24, 2.45) is 0 Å². The average Bonchev–Trinajstić information content (AvgIpc) is 2.63. The van der Waals surface area contributed by atoms with E-state index >= 15 is 0 Å². The van der Waals surface area contributed by atoms with Gasteiger partial charge in [-0.1, -0.05) is 26.2 Å². The Labute approximate surface area is 161 Å². The van der Waals surface area contributed by atoms with Crippen molar-refractivity contribution in [2.45, 2.75) is 51.4 Å². The van der Waals surface area contributed by atoms with Gasteiger partial charge in [0.2, 0.25) is 0 Å². The highest BCUT2D eigenvalue weighted by molar-refractivity contribution is 5.90. The van der Waals surface area contributed by atoms with Crippen LogP contribution in [-0.2, 0) is 14.3 Å². The van der Waals surface area contributed by atoms with Crippen LogP contribution in [-0.4, -0.2) is 44.1 Å². The minimum atomic E-state index is -4.70. The van der Waals surface area contributed by atoms with Gasteiger partial charge in [0, 0.05) is 0 Å². The standard InChI is InChI=1S/C19H24F4O5/c1-3-4-5-6-7-27-16-9-14(2)8-15(10-16)17(25)28-12-19(22,23)18(20,21)11-26-13-24/h8-10,13H,3-7,11-12H2,1-2H3. The maximum atomic E-state index is 13.6. The van der Waals surface area contributed by atoms with Gasteiger partial charge >= 0.3 is 17.8 Å². The number of benzene rings is 1. The largest absolute Gasteiger partial charge is 0.494 e. The molecule has 1 aromatic rings. The van der Waals surface area contributed by atoms with Crippen LogP contribution in [0.4, 0.5) is 17.6 Å². The molecule has 1 aromatic carbocycles. The Bertz CT molecular complexity index is 649. The monoisotopic (exact) mass is 408 g/mol. The van der Waals surface area contributed by atoms with Crippen LogP contribution in [0.15, 0.2) is 18.2 Å². The van der Waals surface area contributed by atoms with Crippen molar-refractivity contribution >= 4 is 12.4 Å². The maximum absolute atomic E-state index is 13.6. The van der Waals surface area contributed by atoms with Crippen molar-refractivity contribution in [1.82, 2.24) is 0 Å². The molecule has 0 heterocycles. The number of hydrogen-bond acceptors (Lipinski definition) is 5. The SMILES string of the molecule is CCCCCCOc1cc(C)cc(C(=O)OCC(F)(F)C(F)(F)COC=O)c1. The summed E-state index contributed by atoms with van der Waals surface area (Å²) in [5.74, 6) is -10.2. The van der Waals surface area contributed by atoms with E-state index in [-0.39, 0.29) is 12.0 Å². The number of aryl methyl sites for hydroxylation is 1. The highest BCUT2D eigenvalue weighted by Crippen LogP contribution is 2.35. The van der Waals surface area contributed by atoms with Gasteiger partial charge in [-0.3, -0.25) is 4.79 Å². The van der Waals surface area contributed by atoms with Crippen LogP contribution >= 0.6 is 0 Å². The number of rotatable bonds is 13. The zero-order chi connectivity index (χ0) is 21.2. The van der Waals surface area contributed by atoms with E-state index in [1.54, 1.807) is 13.0 Å². The fourth-order valence-corrected chi connectivity index (χ4v) is 2.26. The van der Waals surface area contributed by atoms with E-state index in [1.807, 2.05) is 0 Å². The number of carbonyl (C=O) groups excluding carboxylic acids is 2. The summed E-state index contributed by atoms with van der Waals surface area (Å²) in [6, 6.07) is 4.34. The zero-order valence-corrected chi connectivity index (χ0v) is 15.8. The first-order chi connectivity index (χ1) is 13.1. The predicted octanol–water partition coefficient (Wildman–Crippen LogP) is 4.55. The molecule has 0 N–H and O–H groups in total. The first-order valence-electron chi connectivity index (χ1n) is 8.85. The number of unbranched alkanes of at least 4 members (excludes halogenated alkanes) is 3. The lowest BCUT2D eigenvalue weighted by Crippen LogP contribution is -2.47. The van der Waals surface area contributed by atoms with Gasteiger partial charge in [-0.15, -0.1) is 0 Å². The fourth-order valence-electron chi connectivity index (χ4n) is 2.26. The van der Waals surface area contributed by atoms with Crippen molar-refractivity contribution in [1.29, 1.82) is 0 Å². The van der Waals surface area contributed by atoms with Gasteiger partial charge in [-0.25, -0.2) is 4.79 Å². The lowest BCUT2D eigenvalue weighted by molar-refractivity contribution is -0.241. The summed E-state index contributed by atoms with van der Waals surface area (Å²) >= 11 is 0. The molecule has 28 heavy (non-hydrogen) atoms. The predicted molar refractivity (Wildman–Crippen MR) is 93.0 cm³/mol. The lowest BCUT2D eigenvalue weighted by atomic mass is 10.1. The summed E-state index contributed by atoms with van der Waals surface area (Å²) in [6.45, 7) is 0.128. The number of ether oxygens (including phenoxy) is 3. The minimum absolute atomic E-state index is 0.0909. The normalized spacial score (nSPS) is 11.8. The second-order valence-corrected chi connectivity index (χ2v) is 6.34. The molecule has 0 unspecified atom stereocenters. The Morgan fingerprint density at radius 2 is 1.71 bits per heavy atom. The average molecular weight is 408 g/mol. The summed E-state index contributed by atoms with van der Waals surface area (Å²) in [5, 5.41) is 0. The van der Waals surface area contributed by atoms with Gasteiger partial charge in [0.15, 0.2) is 13.2 Å². The van der Waals surface area contributed by atoms with E-state index in [0.717, 1.165) is 25.7 Å². The molecule has 0 atom stereocenters. The van der Waals surface area contributed by atoms with Crippen LogP contribution in [0.5, 0.6) is 5.75 Å². The second-order valence-electron chi connectivity index (χ2n) is 6.34. The third-order valence-electron chi connectivity index (χ3n) is 3.81. The van der Waals surface area contributed by atoms with Crippen molar-refractivity contribution in [3.05, 3.63) is 29.3 Å². The van der Waals surface area contributed by atoms with Crippen LogP contribution in [0.25, 0.3) is 0 Å². The first kappa shape index (κ1) is 23.7. The summed E-state index contributed by atoms with van der Waals surface area (Å²) < 4.78 is 67.5. The van der Waals surface area contributed by atoms with Crippen molar-refractivity contribution in [2.75, 3.05) is 19.8 Å². The topological polar surface area (TPSA) is 61.8 Å². The number of hydrogen-bond donors (Lipinski definition) is 0. The van der Waals surface area contributed by atoms with Crippen molar-refractivity contribution < 1.29 is 41.4 Å². The van der Waals surface area contributed by atoms with Crippen LogP contribution in [0.3, 0.4) is 0 Å². The van der Waals surface area contributed by atoms with E-state index in [0.29, 0.717) is 17.9 Å². The lowest BCUT2D eigenvalue weighted by Gasteiger charge is -2.25. The number of esters is 1. The molecular formula is C19H24F4O5. The third kappa shape index (κ3) is 7.36. The van der Waals surface area contributed by atoms with E-state index in [4.69, 9.17) is 4.74 Å². The molecular weight excluding hydrogens is 384 g/mol. The minimum Gasteiger partial charge on any atom is -0.494 e. The maximum Gasteiger partial charge on any atom is 0.346 e. The Kier molecular flexibility index (Phi) is 9.21. The molecule has 0 fully saturated rings. The second kappa shape index (κ2) is 10.9. The molecule has 0 saturated heterocycles. The molecule has 0 saturated carbocycles. The van der Waals surface area contributed by atoms with Crippen LogP contribution in [0.2, 0.25) is 0 Å². The van der Waals surface area contributed by atoms with Gasteiger partial charge in [0.05, 0.1) is 12.2 Å². The highest BCUT2D eigenvalue weighted by atomic mass is 19.3. The molecule has 0 amide bonds. The van der Waals surface area contributed by atoms with E-state index in [2.05, 4.69) is 16.4 Å². The molecule has 5 nitrogen and oxygen atoms in total. The molecule has 0 aliphatic heterocycles. The quantitative estimate of drug-likeness (QED) is 0.207. The molecule has 0 aliphatic carbocycles. The van der Waals surface area contributed by atoms with Gasteiger partial charge in [-0.2, -0.15) is 17.6 Å². The molecule has 0 radical (unpaired) electrons. The van der Waals surface area contributed by atoms with Crippen molar-refractivity contribution in [3.8, 4) is 5.75 Å². The van der Waals surface area contributed by atoms with Crippen LogP contribution < -0.4 is 4.74 Å². The molecule has 0 aliphatic rings. The molecule has 1 rings (SSSR count). The zero-order valence-electron chi connectivity index (χ0n) is 15.8. The molecule has 0 bridgehead atoms. The summed E-state index contributed by atoms with van der Waals surface area (Å²) in [5.41, 5.74) is 0.529. The smallest absolute Gasteiger partial charge is 0.346 e. The summed E-state index contributed by atoms with van der Waals surface area (Å²) in [7, 11) is 0. The van der Waals surface area contributed by atoms with Crippen LogP contribution in [0, 0.1) is 6.92 Å². The third-order valence-corrected chi connectivity index (χ3v) is 3.81. The molecule has 0 aromatic heterocycles. The van der Waals surface area contributed by atoms with Gasteiger partial charge in [0.1, 0.15) is 5.75 Å². The summed E-state index contributed by atoms with van der Waals surface area (Å²) in [6.07, 6.45) is 3.97. The Morgan fingerprint density at radius 3 is 2.36 bits per heavy atom. The summed E-state index contributed by atoms with van der Waals surface area (Å²) in [4.78, 5) is 21.9. The number of halogens is 4. The van der Waals surface area contributed by atoms with Gasteiger partial charge in [-0.05, 0) is 37.1 Å². The fraction of sp³-hybridized carbons (Fsp3) is 0.579. The van der Waals surface area contributed by atoms with Gasteiger partial charge in [0.25, 0.3) is 6.47 Å². The Hall–Kier alpha value is -2.32. The molecule has 158 valence electrons. The molecule has 9 heteroatoms.